The van der Waals surface area contributed by atoms with Crippen LogP contribution in [-0.2, 0) is 4.79 Å². The predicted molar refractivity (Wildman–Crippen MR) is 73.2 cm³/mol. The third-order valence-corrected chi connectivity index (χ3v) is 3.88. The van der Waals surface area contributed by atoms with Crippen LogP contribution in [0.15, 0.2) is 29.3 Å². The number of thioether (sulfide) groups is 1. The average molecular weight is 292 g/mol. The zero-order valence-corrected chi connectivity index (χ0v) is 11.2. The first-order valence-electron chi connectivity index (χ1n) is 5.29. The Hall–Kier alpha value is -2.00. The number of anilines is 1. The van der Waals surface area contributed by atoms with Crippen LogP contribution in [0.1, 0.15) is 0 Å². The minimum atomic E-state index is -0.119. The van der Waals surface area contributed by atoms with Gasteiger partial charge >= 0.3 is 0 Å². The molecule has 0 saturated heterocycles. The number of carbonyl (C=O) groups is 1. The van der Waals surface area contributed by atoms with Crippen molar-refractivity contribution in [3.05, 3.63) is 24.2 Å². The van der Waals surface area contributed by atoms with E-state index in [2.05, 4.69) is 30.2 Å². The van der Waals surface area contributed by atoms with Gasteiger partial charge in [-0.3, -0.25) is 4.79 Å². The van der Waals surface area contributed by atoms with Crippen molar-refractivity contribution in [2.24, 2.45) is 0 Å². The van der Waals surface area contributed by atoms with Crippen LogP contribution >= 0.6 is 23.1 Å². The first-order valence-corrected chi connectivity index (χ1v) is 7.15. The molecule has 0 aliphatic heterocycles. The molecule has 0 unspecified atom stereocenters. The summed E-state index contributed by atoms with van der Waals surface area (Å²) < 4.78 is 0. The van der Waals surface area contributed by atoms with Gasteiger partial charge in [-0.1, -0.05) is 11.8 Å². The molecule has 0 bridgehead atoms. The third-order valence-electron chi connectivity index (χ3n) is 2.21. The van der Waals surface area contributed by atoms with Crippen molar-refractivity contribution in [2.45, 2.75) is 5.03 Å². The van der Waals surface area contributed by atoms with E-state index in [0.717, 1.165) is 5.52 Å². The van der Waals surface area contributed by atoms with Crippen LogP contribution in [-0.4, -0.2) is 36.6 Å². The van der Waals surface area contributed by atoms with Crippen LogP contribution in [0.2, 0.25) is 0 Å². The van der Waals surface area contributed by atoms with Crippen molar-refractivity contribution >= 4 is 45.3 Å². The molecule has 1 amide bonds. The van der Waals surface area contributed by atoms with E-state index in [0.29, 0.717) is 15.8 Å². The fourth-order valence-electron chi connectivity index (χ4n) is 1.43. The van der Waals surface area contributed by atoms with Gasteiger partial charge in [0.1, 0.15) is 16.9 Å². The topological polar surface area (TPSA) is 96.5 Å². The molecular formula is C10H8N6OS2. The first-order chi connectivity index (χ1) is 9.33. The average Bonchev–Trinajstić information content (AvgIpc) is 3.06. The van der Waals surface area contributed by atoms with Gasteiger partial charge in [-0.15, -0.1) is 11.3 Å². The molecule has 0 aliphatic rings. The number of H-pyrrole nitrogens is 1. The van der Waals surface area contributed by atoms with Crippen molar-refractivity contribution in [3.8, 4) is 0 Å². The smallest absolute Gasteiger partial charge is 0.236 e. The number of nitrogens with zero attached hydrogens (tertiary/aromatic N) is 4. The minimum Gasteiger partial charge on any atom is -0.341 e. The van der Waals surface area contributed by atoms with Crippen LogP contribution in [0.3, 0.4) is 0 Å². The molecule has 3 aromatic rings. The van der Waals surface area contributed by atoms with Gasteiger partial charge < -0.3 is 10.3 Å². The lowest BCUT2D eigenvalue weighted by molar-refractivity contribution is -0.113. The van der Waals surface area contributed by atoms with Gasteiger partial charge in [0.15, 0.2) is 10.8 Å². The van der Waals surface area contributed by atoms with E-state index in [-0.39, 0.29) is 11.7 Å². The number of aromatic amines is 1. The number of hydrogen-bond donors (Lipinski definition) is 2. The highest BCUT2D eigenvalue weighted by molar-refractivity contribution is 8.00. The number of aromatic nitrogens is 5. The Bertz CT molecular complexity index is 695. The van der Waals surface area contributed by atoms with E-state index in [1.165, 1.54) is 29.4 Å². The van der Waals surface area contributed by atoms with Crippen molar-refractivity contribution in [2.75, 3.05) is 11.1 Å². The molecule has 19 heavy (non-hydrogen) atoms. The van der Waals surface area contributed by atoms with E-state index >= 15 is 0 Å². The summed E-state index contributed by atoms with van der Waals surface area (Å²) in [5.74, 6) is 0.135. The predicted octanol–water partition coefficient (Wildman–Crippen LogP) is 1.54. The van der Waals surface area contributed by atoms with Crippen molar-refractivity contribution < 1.29 is 4.79 Å². The van der Waals surface area contributed by atoms with Crippen molar-refractivity contribution in [3.63, 3.8) is 0 Å². The second kappa shape index (κ2) is 5.33. The van der Waals surface area contributed by atoms with Gasteiger partial charge in [-0.25, -0.2) is 19.9 Å². The SMILES string of the molecule is O=C(CSc1ncnc2nc[nH]c12)Nc1nccs1. The van der Waals surface area contributed by atoms with E-state index in [1.54, 1.807) is 17.9 Å². The number of nitrogens with one attached hydrogen (secondary N) is 2. The van der Waals surface area contributed by atoms with E-state index in [9.17, 15) is 4.79 Å². The Morgan fingerprint density at radius 3 is 3.16 bits per heavy atom. The summed E-state index contributed by atoms with van der Waals surface area (Å²) in [5.41, 5.74) is 1.34. The van der Waals surface area contributed by atoms with Gasteiger partial charge in [0.2, 0.25) is 5.91 Å². The van der Waals surface area contributed by atoms with Crippen LogP contribution in [0.4, 0.5) is 5.13 Å². The zero-order chi connectivity index (χ0) is 13.1. The van der Waals surface area contributed by atoms with Gasteiger partial charge in [-0.2, -0.15) is 0 Å². The molecule has 7 nitrogen and oxygen atoms in total. The number of imidazole rings is 1. The quantitative estimate of drug-likeness (QED) is 0.559. The van der Waals surface area contributed by atoms with Gasteiger partial charge in [0.25, 0.3) is 0 Å². The fraction of sp³-hybridized carbons (Fsp3) is 0.100. The number of carbonyl (C=O) groups excluding carboxylic acids is 1. The molecule has 2 N–H and O–H groups in total. The summed E-state index contributed by atoms with van der Waals surface area (Å²) in [5, 5.41) is 5.82. The number of fused-ring (bicyclic) bond motifs is 1. The Balaban J connectivity index is 1.66. The minimum absolute atomic E-state index is 0.119. The number of rotatable bonds is 4. The van der Waals surface area contributed by atoms with E-state index in [4.69, 9.17) is 0 Å². The lowest BCUT2D eigenvalue weighted by Crippen LogP contribution is -2.13. The Kier molecular flexibility index (Phi) is 3.38. The highest BCUT2D eigenvalue weighted by Gasteiger charge is 2.10. The standard InChI is InChI=1S/C10H8N6OS2/c17-6(16-10-11-1-2-18-10)3-19-9-7-8(13-4-12-7)14-5-15-9/h1-2,4-5H,3H2,(H,11,16,17)(H,12,13,14,15). The van der Waals surface area contributed by atoms with Crippen LogP contribution in [0.5, 0.6) is 0 Å². The molecule has 0 aliphatic carbocycles. The molecular weight excluding hydrogens is 284 g/mol. The molecule has 0 radical (unpaired) electrons. The lowest BCUT2D eigenvalue weighted by atomic mass is 10.6. The molecule has 3 aromatic heterocycles. The van der Waals surface area contributed by atoms with Gasteiger partial charge in [0, 0.05) is 11.6 Å². The lowest BCUT2D eigenvalue weighted by Gasteiger charge is -2.01. The largest absolute Gasteiger partial charge is 0.341 e. The van der Waals surface area contributed by atoms with Crippen molar-refractivity contribution in [1.82, 2.24) is 24.9 Å². The number of hydrogen-bond acceptors (Lipinski definition) is 7. The Morgan fingerprint density at radius 2 is 2.32 bits per heavy atom. The molecule has 0 spiro atoms. The summed E-state index contributed by atoms with van der Waals surface area (Å²) in [6.45, 7) is 0. The van der Waals surface area contributed by atoms with Crippen LogP contribution in [0.25, 0.3) is 11.2 Å². The Morgan fingerprint density at radius 1 is 1.37 bits per heavy atom. The maximum atomic E-state index is 11.7. The van der Waals surface area contributed by atoms with E-state index < -0.39 is 0 Å². The fourth-order valence-corrected chi connectivity index (χ4v) is 2.73. The van der Waals surface area contributed by atoms with E-state index in [1.807, 2.05) is 0 Å². The molecule has 9 heteroatoms. The third kappa shape index (κ3) is 2.71. The maximum absolute atomic E-state index is 11.7. The number of thiazole rings is 1. The molecule has 96 valence electrons. The van der Waals surface area contributed by atoms with Crippen LogP contribution < -0.4 is 5.32 Å². The normalized spacial score (nSPS) is 10.7. The number of amides is 1. The highest BCUT2D eigenvalue weighted by atomic mass is 32.2. The highest BCUT2D eigenvalue weighted by Crippen LogP contribution is 2.22. The maximum Gasteiger partial charge on any atom is 0.236 e. The summed E-state index contributed by atoms with van der Waals surface area (Å²) in [6, 6.07) is 0. The molecule has 0 aromatic carbocycles. The van der Waals surface area contributed by atoms with Crippen molar-refractivity contribution in [1.29, 1.82) is 0 Å². The summed E-state index contributed by atoms with van der Waals surface area (Å²) in [7, 11) is 0. The molecule has 3 rings (SSSR count). The van der Waals surface area contributed by atoms with Gasteiger partial charge in [0.05, 0.1) is 12.1 Å². The zero-order valence-electron chi connectivity index (χ0n) is 9.53. The summed E-state index contributed by atoms with van der Waals surface area (Å²) in [6.07, 6.45) is 4.63. The molecule has 3 heterocycles. The molecule has 0 saturated carbocycles. The Labute approximate surface area is 115 Å². The first kappa shape index (κ1) is 12.1. The van der Waals surface area contributed by atoms with Crippen LogP contribution in [0, 0.1) is 0 Å². The monoisotopic (exact) mass is 292 g/mol. The molecule has 0 fully saturated rings. The second-order valence-electron chi connectivity index (χ2n) is 3.45. The molecule has 0 atom stereocenters. The van der Waals surface area contributed by atoms with Gasteiger partial charge in [-0.05, 0) is 0 Å². The second-order valence-corrected chi connectivity index (χ2v) is 5.31. The summed E-state index contributed by atoms with van der Waals surface area (Å²) in [4.78, 5) is 30.9. The summed E-state index contributed by atoms with van der Waals surface area (Å²) >= 11 is 2.71.